The van der Waals surface area contributed by atoms with Crippen molar-refractivity contribution < 1.29 is 14.3 Å². The third-order valence-electron chi connectivity index (χ3n) is 4.49. The predicted molar refractivity (Wildman–Crippen MR) is 53.0 cm³/mol. The first-order valence-corrected chi connectivity index (χ1v) is 5.92. The maximum Gasteiger partial charge on any atom is 0.371 e. The zero-order valence-electron chi connectivity index (χ0n) is 8.72. The van der Waals surface area contributed by atoms with Gasteiger partial charge in [-0.25, -0.2) is 4.79 Å². The van der Waals surface area contributed by atoms with Gasteiger partial charge in [0.05, 0.1) is 0 Å². The number of aldehydes is 1. The Balaban J connectivity index is 1.74. The fraction of sp³-hybridized carbons (Fsp3) is 0.833. The first kappa shape index (κ1) is 9.37. The van der Waals surface area contributed by atoms with Crippen LogP contribution in [0.5, 0.6) is 0 Å². The first-order valence-electron chi connectivity index (χ1n) is 5.92. The average molecular weight is 208 g/mol. The maximum absolute atomic E-state index is 11.0. The summed E-state index contributed by atoms with van der Waals surface area (Å²) in [6.07, 6.45) is 6.59. The summed E-state index contributed by atoms with van der Waals surface area (Å²) in [5.41, 5.74) is 0. The van der Waals surface area contributed by atoms with Crippen LogP contribution in [0.4, 0.5) is 0 Å². The number of hydrogen-bond acceptors (Lipinski definition) is 3. The predicted octanol–water partition coefficient (Wildman–Crippen LogP) is 1.55. The molecule has 0 saturated heterocycles. The molecule has 3 nitrogen and oxygen atoms in total. The van der Waals surface area contributed by atoms with Gasteiger partial charge in [0.2, 0.25) is 6.29 Å². The Bertz CT molecular complexity index is 269. The van der Waals surface area contributed by atoms with Crippen molar-refractivity contribution in [2.45, 2.75) is 38.2 Å². The number of hydrogen-bond donors (Lipinski definition) is 0. The van der Waals surface area contributed by atoms with Crippen molar-refractivity contribution >= 4 is 12.3 Å². The minimum atomic E-state index is -0.674. The summed E-state index contributed by atoms with van der Waals surface area (Å²) >= 11 is 0. The largest absolute Gasteiger partial charge is 0.456 e. The van der Waals surface area contributed by atoms with Gasteiger partial charge in [-0.05, 0) is 55.8 Å². The van der Waals surface area contributed by atoms with Crippen molar-refractivity contribution in [3.8, 4) is 0 Å². The van der Waals surface area contributed by atoms with Gasteiger partial charge in [0.25, 0.3) is 0 Å². The van der Waals surface area contributed by atoms with Crippen molar-refractivity contribution in [1.29, 1.82) is 0 Å². The lowest BCUT2D eigenvalue weighted by molar-refractivity contribution is -0.171. The lowest BCUT2D eigenvalue weighted by Gasteiger charge is -2.53. The van der Waals surface area contributed by atoms with Crippen molar-refractivity contribution in [2.24, 2.45) is 23.7 Å². The molecule has 0 heterocycles. The molecular weight excluding hydrogens is 192 g/mol. The summed E-state index contributed by atoms with van der Waals surface area (Å²) in [6.45, 7) is 0. The van der Waals surface area contributed by atoms with Gasteiger partial charge in [0.15, 0.2) is 0 Å². The van der Waals surface area contributed by atoms with Crippen LogP contribution in [0.25, 0.3) is 0 Å². The zero-order chi connectivity index (χ0) is 10.4. The van der Waals surface area contributed by atoms with Crippen LogP contribution < -0.4 is 0 Å². The normalized spacial score (nSPS) is 46.5. The van der Waals surface area contributed by atoms with Crippen LogP contribution in [0.2, 0.25) is 0 Å². The molecule has 3 heteroatoms. The molecule has 4 fully saturated rings. The molecule has 82 valence electrons. The van der Waals surface area contributed by atoms with Gasteiger partial charge in [0.1, 0.15) is 6.10 Å². The van der Waals surface area contributed by atoms with Gasteiger partial charge in [-0.3, -0.25) is 4.79 Å². The highest BCUT2D eigenvalue weighted by Crippen LogP contribution is 2.54. The zero-order valence-corrected chi connectivity index (χ0v) is 8.72. The third kappa shape index (κ3) is 1.48. The Labute approximate surface area is 89.2 Å². The van der Waals surface area contributed by atoms with Crippen LogP contribution in [0.1, 0.15) is 32.1 Å². The second-order valence-corrected chi connectivity index (χ2v) is 5.45. The fourth-order valence-corrected chi connectivity index (χ4v) is 4.23. The fourth-order valence-electron chi connectivity index (χ4n) is 4.23. The van der Waals surface area contributed by atoms with E-state index in [1.165, 1.54) is 32.1 Å². The molecule has 4 bridgehead atoms. The summed E-state index contributed by atoms with van der Waals surface area (Å²) in [5, 5.41) is 0. The molecule has 0 aromatic rings. The molecule has 0 aromatic heterocycles. The van der Waals surface area contributed by atoms with Crippen LogP contribution in [0.3, 0.4) is 0 Å². The van der Waals surface area contributed by atoms with Crippen molar-refractivity contribution in [1.82, 2.24) is 0 Å². The van der Waals surface area contributed by atoms with Gasteiger partial charge < -0.3 is 4.74 Å². The van der Waals surface area contributed by atoms with Gasteiger partial charge in [-0.2, -0.15) is 0 Å². The van der Waals surface area contributed by atoms with Crippen molar-refractivity contribution in [2.75, 3.05) is 0 Å². The molecule has 15 heavy (non-hydrogen) atoms. The quantitative estimate of drug-likeness (QED) is 0.393. The van der Waals surface area contributed by atoms with Crippen molar-refractivity contribution in [3.63, 3.8) is 0 Å². The highest BCUT2D eigenvalue weighted by Gasteiger charge is 2.49. The van der Waals surface area contributed by atoms with Crippen LogP contribution in [-0.4, -0.2) is 18.4 Å². The smallest absolute Gasteiger partial charge is 0.371 e. The number of esters is 1. The Morgan fingerprint density at radius 2 is 1.53 bits per heavy atom. The molecule has 4 aliphatic rings. The molecule has 4 rings (SSSR count). The standard InChI is InChI=1S/C12H16O3/c13-6-11(14)15-12-9-2-7-1-8(4-9)5-10(12)3-7/h6-10,12H,1-5H2. The summed E-state index contributed by atoms with van der Waals surface area (Å²) in [7, 11) is 0. The highest BCUT2D eigenvalue weighted by molar-refractivity contribution is 6.20. The van der Waals surface area contributed by atoms with Crippen LogP contribution in [-0.2, 0) is 14.3 Å². The Hall–Kier alpha value is -0.860. The van der Waals surface area contributed by atoms with E-state index < -0.39 is 5.97 Å². The van der Waals surface area contributed by atoms with Gasteiger partial charge in [-0.15, -0.1) is 0 Å². The molecule has 0 radical (unpaired) electrons. The van der Waals surface area contributed by atoms with E-state index in [1.807, 2.05) is 0 Å². The third-order valence-corrected chi connectivity index (χ3v) is 4.49. The monoisotopic (exact) mass is 208 g/mol. The van der Waals surface area contributed by atoms with E-state index in [-0.39, 0.29) is 6.10 Å². The molecule has 0 aliphatic heterocycles. The first-order chi connectivity index (χ1) is 7.26. The minimum Gasteiger partial charge on any atom is -0.456 e. The molecule has 0 amide bonds. The highest BCUT2D eigenvalue weighted by atomic mass is 16.5. The van der Waals surface area contributed by atoms with E-state index in [4.69, 9.17) is 4.74 Å². The SMILES string of the molecule is O=CC(=O)OC1C2CC3CC(C2)CC1C3. The molecular formula is C12H16O3. The number of rotatable bonds is 2. The van der Waals surface area contributed by atoms with Crippen LogP contribution in [0.15, 0.2) is 0 Å². The van der Waals surface area contributed by atoms with Crippen molar-refractivity contribution in [3.05, 3.63) is 0 Å². The van der Waals surface area contributed by atoms with E-state index in [1.54, 1.807) is 0 Å². The molecule has 0 N–H and O–H groups in total. The van der Waals surface area contributed by atoms with E-state index in [2.05, 4.69) is 0 Å². The van der Waals surface area contributed by atoms with Crippen LogP contribution in [0, 0.1) is 23.7 Å². The van der Waals surface area contributed by atoms with E-state index in [9.17, 15) is 9.59 Å². The number of carbonyl (C=O) groups excluding carboxylic acids is 2. The van der Waals surface area contributed by atoms with Gasteiger partial charge in [-0.1, -0.05) is 0 Å². The number of ether oxygens (including phenoxy) is 1. The Kier molecular flexibility index (Phi) is 2.08. The van der Waals surface area contributed by atoms with E-state index in [0.29, 0.717) is 18.1 Å². The Morgan fingerprint density at radius 3 is 2.00 bits per heavy atom. The topological polar surface area (TPSA) is 43.4 Å². The second-order valence-electron chi connectivity index (χ2n) is 5.45. The molecule has 4 aliphatic carbocycles. The minimum absolute atomic E-state index is 0.0514. The average Bonchev–Trinajstić information content (AvgIpc) is 2.22. The van der Waals surface area contributed by atoms with Gasteiger partial charge in [0, 0.05) is 0 Å². The molecule has 0 unspecified atom stereocenters. The second kappa shape index (κ2) is 3.32. The summed E-state index contributed by atoms with van der Waals surface area (Å²) < 4.78 is 5.27. The number of carbonyl (C=O) groups is 2. The Morgan fingerprint density at radius 1 is 1.00 bits per heavy atom. The summed E-state index contributed by atoms with van der Waals surface area (Å²) in [5.74, 6) is 2.17. The van der Waals surface area contributed by atoms with Gasteiger partial charge >= 0.3 is 5.97 Å². The van der Waals surface area contributed by atoms with Crippen LogP contribution >= 0.6 is 0 Å². The molecule has 0 aromatic carbocycles. The summed E-state index contributed by atoms with van der Waals surface area (Å²) in [4.78, 5) is 21.3. The lowest BCUT2D eigenvalue weighted by atomic mass is 9.55. The molecule has 4 saturated carbocycles. The lowest BCUT2D eigenvalue weighted by Crippen LogP contribution is -2.50. The molecule has 0 atom stereocenters. The maximum atomic E-state index is 11.0. The van der Waals surface area contributed by atoms with E-state index >= 15 is 0 Å². The summed E-state index contributed by atoms with van der Waals surface area (Å²) in [6, 6.07) is 0. The molecule has 0 spiro atoms. The van der Waals surface area contributed by atoms with E-state index in [0.717, 1.165) is 11.8 Å².